The van der Waals surface area contributed by atoms with E-state index in [-0.39, 0.29) is 6.42 Å². The summed E-state index contributed by atoms with van der Waals surface area (Å²) in [4.78, 5) is 12.8. The molecule has 0 N–H and O–H groups in total. The summed E-state index contributed by atoms with van der Waals surface area (Å²) in [6.07, 6.45) is -0.204. The van der Waals surface area contributed by atoms with Gasteiger partial charge < -0.3 is 9.64 Å². The van der Waals surface area contributed by atoms with Crippen molar-refractivity contribution in [3.8, 4) is 11.8 Å². The number of carbonyl (C=O) groups is 1. The zero-order chi connectivity index (χ0) is 12.0. The summed E-state index contributed by atoms with van der Waals surface area (Å²) in [6, 6.07) is 8.45. The fourth-order valence-electron chi connectivity index (χ4n) is 0.990. The molecule has 5 heteroatoms. The molecule has 0 aliphatic heterocycles. The molecule has 0 saturated heterocycles. The van der Waals surface area contributed by atoms with E-state index in [0.29, 0.717) is 17.3 Å². The number of nitrogens with zero attached hydrogens (tertiary/aromatic N) is 2. The highest BCUT2D eigenvalue weighted by Gasteiger charge is 2.10. The first-order chi connectivity index (χ1) is 7.63. The molecule has 0 aliphatic carbocycles. The molecule has 16 heavy (non-hydrogen) atoms. The molecule has 1 aromatic rings. The fourth-order valence-corrected chi connectivity index (χ4v) is 1.12. The van der Waals surface area contributed by atoms with Crippen LogP contribution in [0.1, 0.15) is 6.42 Å². The SMILES string of the molecule is CN(CCC#N)C(=O)Oc1ccc(Cl)cc1. The molecule has 4 nitrogen and oxygen atoms in total. The van der Waals surface area contributed by atoms with Crippen molar-refractivity contribution in [3.05, 3.63) is 29.3 Å². The summed E-state index contributed by atoms with van der Waals surface area (Å²) < 4.78 is 5.05. The van der Waals surface area contributed by atoms with Crippen molar-refractivity contribution < 1.29 is 9.53 Å². The van der Waals surface area contributed by atoms with Crippen LogP contribution >= 0.6 is 11.6 Å². The second kappa shape index (κ2) is 5.99. The van der Waals surface area contributed by atoms with E-state index in [0.717, 1.165) is 0 Å². The number of carbonyl (C=O) groups excluding carboxylic acids is 1. The number of amides is 1. The van der Waals surface area contributed by atoms with Gasteiger partial charge in [0, 0.05) is 18.6 Å². The van der Waals surface area contributed by atoms with E-state index in [9.17, 15) is 4.79 Å². The third-order valence-corrected chi connectivity index (χ3v) is 2.14. The van der Waals surface area contributed by atoms with Crippen molar-refractivity contribution in [2.45, 2.75) is 6.42 Å². The van der Waals surface area contributed by atoms with Gasteiger partial charge in [-0.1, -0.05) is 11.6 Å². The second-order valence-corrected chi connectivity index (χ2v) is 3.59. The van der Waals surface area contributed by atoms with Crippen LogP contribution in [0, 0.1) is 11.3 Å². The maximum absolute atomic E-state index is 11.5. The highest BCUT2D eigenvalue weighted by molar-refractivity contribution is 6.30. The first kappa shape index (κ1) is 12.3. The van der Waals surface area contributed by atoms with Crippen LogP contribution in [-0.2, 0) is 0 Å². The maximum Gasteiger partial charge on any atom is 0.414 e. The third kappa shape index (κ3) is 3.79. The summed E-state index contributed by atoms with van der Waals surface area (Å²) in [7, 11) is 1.58. The molecule has 0 radical (unpaired) electrons. The Balaban J connectivity index is 2.51. The van der Waals surface area contributed by atoms with Crippen LogP contribution in [0.5, 0.6) is 5.75 Å². The van der Waals surface area contributed by atoms with Gasteiger partial charge in [-0.2, -0.15) is 5.26 Å². The molecule has 0 saturated carbocycles. The van der Waals surface area contributed by atoms with Crippen LogP contribution in [0.3, 0.4) is 0 Å². The van der Waals surface area contributed by atoms with E-state index < -0.39 is 6.09 Å². The zero-order valence-corrected chi connectivity index (χ0v) is 9.57. The lowest BCUT2D eigenvalue weighted by Crippen LogP contribution is -2.30. The lowest BCUT2D eigenvalue weighted by atomic mass is 10.3. The van der Waals surface area contributed by atoms with Gasteiger partial charge in [-0.25, -0.2) is 4.79 Å². The van der Waals surface area contributed by atoms with Crippen molar-refractivity contribution in [2.24, 2.45) is 0 Å². The van der Waals surface area contributed by atoms with Crippen molar-refractivity contribution in [1.82, 2.24) is 4.90 Å². The lowest BCUT2D eigenvalue weighted by Gasteiger charge is -2.14. The molecule has 0 spiro atoms. The molecule has 0 bridgehead atoms. The Labute approximate surface area is 99.0 Å². The molecular weight excluding hydrogens is 228 g/mol. The Morgan fingerprint density at radius 3 is 2.69 bits per heavy atom. The topological polar surface area (TPSA) is 53.3 Å². The van der Waals surface area contributed by atoms with Gasteiger partial charge in [-0.15, -0.1) is 0 Å². The first-order valence-electron chi connectivity index (χ1n) is 4.69. The van der Waals surface area contributed by atoms with Crippen molar-refractivity contribution >= 4 is 17.7 Å². The van der Waals surface area contributed by atoms with Crippen molar-refractivity contribution in [1.29, 1.82) is 5.26 Å². The molecule has 0 heterocycles. The molecule has 0 fully saturated rings. The van der Waals surface area contributed by atoms with Gasteiger partial charge >= 0.3 is 6.09 Å². The summed E-state index contributed by atoms with van der Waals surface area (Å²) in [5.74, 6) is 0.429. The van der Waals surface area contributed by atoms with Crippen molar-refractivity contribution in [2.75, 3.05) is 13.6 Å². The predicted octanol–water partition coefficient (Wildman–Crippen LogP) is 2.68. The average Bonchev–Trinajstić information content (AvgIpc) is 2.29. The van der Waals surface area contributed by atoms with Gasteiger partial charge in [0.05, 0.1) is 12.5 Å². The molecule has 0 aliphatic rings. The second-order valence-electron chi connectivity index (χ2n) is 3.15. The fraction of sp³-hybridized carbons (Fsp3) is 0.273. The maximum atomic E-state index is 11.5. The third-order valence-electron chi connectivity index (χ3n) is 1.89. The number of ether oxygens (including phenoxy) is 1. The summed E-state index contributed by atoms with van der Waals surface area (Å²) >= 11 is 5.69. The molecule has 1 rings (SSSR count). The molecule has 1 amide bonds. The Hall–Kier alpha value is -1.73. The van der Waals surface area contributed by atoms with E-state index in [4.69, 9.17) is 21.6 Å². The highest BCUT2D eigenvalue weighted by atomic mass is 35.5. The van der Waals surface area contributed by atoms with E-state index in [1.54, 1.807) is 31.3 Å². The first-order valence-corrected chi connectivity index (χ1v) is 5.06. The minimum atomic E-state index is -0.488. The number of benzene rings is 1. The van der Waals surface area contributed by atoms with Gasteiger partial charge in [0.15, 0.2) is 0 Å². The Morgan fingerprint density at radius 1 is 1.50 bits per heavy atom. The number of hydrogen-bond acceptors (Lipinski definition) is 3. The Morgan fingerprint density at radius 2 is 2.12 bits per heavy atom. The molecule has 1 aromatic carbocycles. The molecule has 0 aromatic heterocycles. The van der Waals surface area contributed by atoms with E-state index in [2.05, 4.69) is 0 Å². The largest absolute Gasteiger partial charge is 0.414 e. The summed E-state index contributed by atoms with van der Waals surface area (Å²) in [6.45, 7) is 0.350. The van der Waals surface area contributed by atoms with Crippen LogP contribution in [0.4, 0.5) is 4.79 Å². The van der Waals surface area contributed by atoms with Gasteiger partial charge in [0.25, 0.3) is 0 Å². The van der Waals surface area contributed by atoms with E-state index in [1.807, 2.05) is 6.07 Å². The Kier molecular flexibility index (Phi) is 4.62. The normalized spacial score (nSPS) is 9.31. The standard InChI is InChI=1S/C11H11ClN2O2/c1-14(8-2-7-13)11(15)16-10-5-3-9(12)4-6-10/h3-6H,2,8H2,1H3. The number of hydrogen-bond donors (Lipinski definition) is 0. The van der Waals surface area contributed by atoms with Gasteiger partial charge in [0.2, 0.25) is 0 Å². The van der Waals surface area contributed by atoms with Gasteiger partial charge in [-0.3, -0.25) is 0 Å². The Bertz CT molecular complexity index is 397. The zero-order valence-electron chi connectivity index (χ0n) is 8.81. The molecule has 0 atom stereocenters. The van der Waals surface area contributed by atoms with Crippen LogP contribution < -0.4 is 4.74 Å². The van der Waals surface area contributed by atoms with Crippen molar-refractivity contribution in [3.63, 3.8) is 0 Å². The lowest BCUT2D eigenvalue weighted by molar-refractivity contribution is 0.164. The summed E-state index contributed by atoms with van der Waals surface area (Å²) in [5.41, 5.74) is 0. The van der Waals surface area contributed by atoms with Crippen LogP contribution in [-0.4, -0.2) is 24.6 Å². The van der Waals surface area contributed by atoms with Gasteiger partial charge in [0.1, 0.15) is 5.75 Å². The number of nitriles is 1. The van der Waals surface area contributed by atoms with Crippen LogP contribution in [0.2, 0.25) is 5.02 Å². The minimum Gasteiger partial charge on any atom is -0.410 e. The predicted molar refractivity (Wildman–Crippen MR) is 60.3 cm³/mol. The quantitative estimate of drug-likeness (QED) is 0.814. The summed E-state index contributed by atoms with van der Waals surface area (Å²) in [5, 5.41) is 8.95. The van der Waals surface area contributed by atoms with E-state index >= 15 is 0 Å². The van der Waals surface area contributed by atoms with Crippen LogP contribution in [0.15, 0.2) is 24.3 Å². The average molecular weight is 239 g/mol. The van der Waals surface area contributed by atoms with Gasteiger partial charge in [-0.05, 0) is 24.3 Å². The molecule has 0 unspecified atom stereocenters. The monoisotopic (exact) mass is 238 g/mol. The smallest absolute Gasteiger partial charge is 0.410 e. The molecular formula is C11H11ClN2O2. The minimum absolute atomic E-state index is 0.284. The number of halogens is 1. The molecule has 84 valence electrons. The highest BCUT2D eigenvalue weighted by Crippen LogP contribution is 2.16. The number of rotatable bonds is 3. The van der Waals surface area contributed by atoms with Crippen LogP contribution in [0.25, 0.3) is 0 Å². The van der Waals surface area contributed by atoms with E-state index in [1.165, 1.54) is 4.90 Å².